The third-order valence-corrected chi connectivity index (χ3v) is 4.11. The monoisotopic (exact) mass is 203 g/mol. The van der Waals surface area contributed by atoms with Crippen LogP contribution in [0.15, 0.2) is 0 Å². The van der Waals surface area contributed by atoms with E-state index in [1.807, 2.05) is 0 Å². The van der Waals surface area contributed by atoms with Gasteiger partial charge in [0.15, 0.2) is 0 Å². The van der Waals surface area contributed by atoms with E-state index in [4.69, 9.17) is 5.73 Å². The second-order valence-corrected chi connectivity index (χ2v) is 5.05. The Hall–Kier alpha value is -0.180. The fourth-order valence-electron chi connectivity index (χ4n) is 2.76. The lowest BCUT2D eigenvalue weighted by Gasteiger charge is -2.16. The SMILES string of the molecule is NCC1(CCC2CCCC2)CC1(F)F. The van der Waals surface area contributed by atoms with E-state index in [9.17, 15) is 8.78 Å². The molecule has 0 spiro atoms. The Morgan fingerprint density at radius 1 is 1.21 bits per heavy atom. The normalized spacial score (nSPS) is 36.2. The zero-order chi connectivity index (χ0) is 10.2. The molecule has 0 aromatic rings. The molecule has 82 valence electrons. The maximum Gasteiger partial charge on any atom is 0.255 e. The number of nitrogens with two attached hydrogens (primary N) is 1. The Labute approximate surface area is 84.0 Å². The van der Waals surface area contributed by atoms with Crippen molar-refractivity contribution < 1.29 is 8.78 Å². The second kappa shape index (κ2) is 3.44. The van der Waals surface area contributed by atoms with E-state index in [0.717, 1.165) is 6.42 Å². The minimum absolute atomic E-state index is 0.0310. The standard InChI is InChI=1S/C11H19F2N/c12-11(13)7-10(11,8-14)6-5-9-3-1-2-4-9/h9H,1-8,14H2. The molecule has 1 nitrogen and oxygen atoms in total. The first-order valence-corrected chi connectivity index (χ1v) is 5.68. The first kappa shape index (κ1) is 10.3. The highest BCUT2D eigenvalue weighted by atomic mass is 19.3. The van der Waals surface area contributed by atoms with Gasteiger partial charge in [-0.1, -0.05) is 25.7 Å². The quantitative estimate of drug-likeness (QED) is 0.747. The van der Waals surface area contributed by atoms with Gasteiger partial charge < -0.3 is 5.73 Å². The zero-order valence-corrected chi connectivity index (χ0v) is 8.57. The van der Waals surface area contributed by atoms with E-state index < -0.39 is 11.3 Å². The Kier molecular flexibility index (Phi) is 2.54. The lowest BCUT2D eigenvalue weighted by molar-refractivity contribution is 0.0608. The van der Waals surface area contributed by atoms with E-state index in [0.29, 0.717) is 12.3 Å². The van der Waals surface area contributed by atoms with Crippen LogP contribution in [0, 0.1) is 11.3 Å². The third kappa shape index (κ3) is 1.67. The Bertz CT molecular complexity index is 211. The molecular weight excluding hydrogens is 184 g/mol. The van der Waals surface area contributed by atoms with Gasteiger partial charge in [-0.25, -0.2) is 8.78 Å². The van der Waals surface area contributed by atoms with Crippen LogP contribution in [0.5, 0.6) is 0 Å². The van der Waals surface area contributed by atoms with E-state index in [1.54, 1.807) is 0 Å². The largest absolute Gasteiger partial charge is 0.330 e. The Balaban J connectivity index is 1.79. The minimum atomic E-state index is -2.46. The van der Waals surface area contributed by atoms with Gasteiger partial charge in [0, 0.05) is 13.0 Å². The van der Waals surface area contributed by atoms with Crippen molar-refractivity contribution in [1.82, 2.24) is 0 Å². The molecule has 0 amide bonds. The smallest absolute Gasteiger partial charge is 0.255 e. The van der Waals surface area contributed by atoms with Gasteiger partial charge in [-0.05, 0) is 18.8 Å². The van der Waals surface area contributed by atoms with E-state index in [2.05, 4.69) is 0 Å². The van der Waals surface area contributed by atoms with Crippen LogP contribution in [0.25, 0.3) is 0 Å². The molecule has 1 unspecified atom stereocenters. The average Bonchev–Trinajstić information content (AvgIpc) is 2.56. The summed E-state index contributed by atoms with van der Waals surface area (Å²) in [5.41, 5.74) is 4.64. The molecule has 0 aliphatic heterocycles. The lowest BCUT2D eigenvalue weighted by Crippen LogP contribution is -2.23. The summed E-state index contributed by atoms with van der Waals surface area (Å²) in [7, 11) is 0. The molecule has 2 fully saturated rings. The Morgan fingerprint density at radius 2 is 1.79 bits per heavy atom. The average molecular weight is 203 g/mol. The number of halogens is 2. The fraction of sp³-hybridized carbons (Fsp3) is 1.00. The van der Waals surface area contributed by atoms with Crippen LogP contribution in [-0.2, 0) is 0 Å². The van der Waals surface area contributed by atoms with Crippen molar-refractivity contribution in [2.24, 2.45) is 17.1 Å². The summed E-state index contributed by atoms with van der Waals surface area (Å²) in [6.45, 7) is 0.159. The van der Waals surface area contributed by atoms with Crippen LogP contribution < -0.4 is 5.73 Å². The number of alkyl halides is 2. The molecule has 0 aromatic heterocycles. The molecule has 0 bridgehead atoms. The maximum atomic E-state index is 13.0. The van der Waals surface area contributed by atoms with Gasteiger partial charge >= 0.3 is 0 Å². The van der Waals surface area contributed by atoms with Crippen molar-refractivity contribution in [3.05, 3.63) is 0 Å². The van der Waals surface area contributed by atoms with Crippen molar-refractivity contribution in [3.8, 4) is 0 Å². The summed E-state index contributed by atoms with van der Waals surface area (Å²) in [5.74, 6) is -1.75. The molecule has 2 saturated carbocycles. The van der Waals surface area contributed by atoms with Crippen molar-refractivity contribution in [1.29, 1.82) is 0 Å². The van der Waals surface area contributed by atoms with E-state index in [-0.39, 0.29) is 13.0 Å². The lowest BCUT2D eigenvalue weighted by atomic mass is 9.92. The third-order valence-electron chi connectivity index (χ3n) is 4.11. The van der Waals surface area contributed by atoms with Crippen molar-refractivity contribution in [3.63, 3.8) is 0 Å². The first-order valence-electron chi connectivity index (χ1n) is 5.68. The summed E-state index contributed by atoms with van der Waals surface area (Å²) in [6, 6.07) is 0. The van der Waals surface area contributed by atoms with Gasteiger partial charge in [0.25, 0.3) is 5.92 Å². The highest BCUT2D eigenvalue weighted by Crippen LogP contribution is 2.62. The van der Waals surface area contributed by atoms with Crippen molar-refractivity contribution in [2.45, 2.75) is 50.9 Å². The van der Waals surface area contributed by atoms with Gasteiger partial charge in [0.2, 0.25) is 0 Å². The van der Waals surface area contributed by atoms with Crippen LogP contribution in [0.1, 0.15) is 44.9 Å². The summed E-state index contributed by atoms with van der Waals surface area (Å²) < 4.78 is 26.1. The minimum Gasteiger partial charge on any atom is -0.330 e. The van der Waals surface area contributed by atoms with Crippen LogP contribution >= 0.6 is 0 Å². The van der Waals surface area contributed by atoms with Gasteiger partial charge in [0.05, 0.1) is 5.41 Å². The van der Waals surface area contributed by atoms with Crippen LogP contribution in [0.4, 0.5) is 8.78 Å². The molecule has 2 N–H and O–H groups in total. The highest BCUT2D eigenvalue weighted by Gasteiger charge is 2.69. The van der Waals surface area contributed by atoms with Gasteiger partial charge in [-0.15, -0.1) is 0 Å². The second-order valence-electron chi connectivity index (χ2n) is 5.05. The number of hydrogen-bond donors (Lipinski definition) is 1. The van der Waals surface area contributed by atoms with Crippen molar-refractivity contribution in [2.75, 3.05) is 6.54 Å². The van der Waals surface area contributed by atoms with Crippen molar-refractivity contribution >= 4 is 0 Å². The molecule has 0 heterocycles. The Morgan fingerprint density at radius 3 is 2.21 bits per heavy atom. The highest BCUT2D eigenvalue weighted by molar-refractivity contribution is 5.10. The zero-order valence-electron chi connectivity index (χ0n) is 8.57. The molecular formula is C11H19F2N. The van der Waals surface area contributed by atoms with E-state index >= 15 is 0 Å². The summed E-state index contributed by atoms with van der Waals surface area (Å²) in [5, 5.41) is 0. The number of hydrogen-bond acceptors (Lipinski definition) is 1. The molecule has 2 aliphatic rings. The predicted octanol–water partition coefficient (Wildman–Crippen LogP) is 2.94. The van der Waals surface area contributed by atoms with Gasteiger partial charge in [-0.2, -0.15) is 0 Å². The molecule has 3 heteroatoms. The molecule has 14 heavy (non-hydrogen) atoms. The predicted molar refractivity (Wildman–Crippen MR) is 52.2 cm³/mol. The molecule has 2 aliphatic carbocycles. The summed E-state index contributed by atoms with van der Waals surface area (Å²) >= 11 is 0. The molecule has 2 rings (SSSR count). The fourth-order valence-corrected chi connectivity index (χ4v) is 2.76. The molecule has 0 radical (unpaired) electrons. The summed E-state index contributed by atoms with van der Waals surface area (Å²) in [6.07, 6.45) is 6.70. The van der Waals surface area contributed by atoms with Crippen LogP contribution in [0.3, 0.4) is 0 Å². The topological polar surface area (TPSA) is 26.0 Å². The van der Waals surface area contributed by atoms with E-state index in [1.165, 1.54) is 25.7 Å². The number of rotatable bonds is 4. The van der Waals surface area contributed by atoms with Gasteiger partial charge in [-0.3, -0.25) is 0 Å². The first-order chi connectivity index (χ1) is 6.60. The van der Waals surface area contributed by atoms with Crippen LogP contribution in [-0.4, -0.2) is 12.5 Å². The molecule has 0 saturated heterocycles. The maximum absolute atomic E-state index is 13.0. The van der Waals surface area contributed by atoms with Gasteiger partial charge in [0.1, 0.15) is 0 Å². The van der Waals surface area contributed by atoms with Crippen LogP contribution in [0.2, 0.25) is 0 Å². The summed E-state index contributed by atoms with van der Waals surface area (Å²) in [4.78, 5) is 0. The molecule has 0 aromatic carbocycles. The molecule has 1 atom stereocenters.